The summed E-state index contributed by atoms with van der Waals surface area (Å²) in [5.74, 6) is -0.297. The Morgan fingerprint density at radius 2 is 2.43 bits per heavy atom. The van der Waals surface area contributed by atoms with E-state index in [0.29, 0.717) is 12.3 Å². The van der Waals surface area contributed by atoms with Gasteiger partial charge in [0.15, 0.2) is 4.83 Å². The second-order valence-corrected chi connectivity index (χ2v) is 3.74. The van der Waals surface area contributed by atoms with Crippen LogP contribution in [0.5, 0.6) is 0 Å². The molecular weight excluding hydrogens is 246 g/mol. The molecule has 0 bridgehead atoms. The van der Waals surface area contributed by atoms with Crippen LogP contribution in [0.1, 0.15) is 23.0 Å². The number of hydrogen-bond donors (Lipinski definition) is 0. The number of alkyl halides is 1. The molecule has 1 unspecified atom stereocenters. The first-order valence-electron chi connectivity index (χ1n) is 4.39. The third kappa shape index (κ3) is 2.54. The Morgan fingerprint density at radius 1 is 1.71 bits per heavy atom. The van der Waals surface area contributed by atoms with Gasteiger partial charge in [0.1, 0.15) is 0 Å². The average Bonchev–Trinajstić information content (AvgIpc) is 2.18. The topological polar surface area (TPSA) is 39.2 Å². The summed E-state index contributed by atoms with van der Waals surface area (Å²) in [6.07, 6.45) is 1.66. The standard InChI is InChI=1S/C10H12BrNO2/c1-3-14-10(13)8(11)9-7(2)5-4-6-12-9/h4-6,8H,3H2,1-2H3. The molecule has 3 nitrogen and oxygen atoms in total. The lowest BCUT2D eigenvalue weighted by Gasteiger charge is -2.10. The number of carbonyl (C=O) groups is 1. The van der Waals surface area contributed by atoms with E-state index in [0.717, 1.165) is 5.56 Å². The number of ether oxygens (including phenoxy) is 1. The number of nitrogens with zero attached hydrogens (tertiary/aromatic N) is 1. The second-order valence-electron chi connectivity index (χ2n) is 2.82. The van der Waals surface area contributed by atoms with Crippen LogP contribution in [-0.4, -0.2) is 17.6 Å². The van der Waals surface area contributed by atoms with Crippen molar-refractivity contribution in [3.8, 4) is 0 Å². The molecule has 0 saturated carbocycles. The van der Waals surface area contributed by atoms with Gasteiger partial charge in [-0.1, -0.05) is 22.0 Å². The SMILES string of the molecule is CCOC(=O)C(Br)c1ncccc1C. The number of halogens is 1. The Balaban J connectivity index is 2.84. The number of carbonyl (C=O) groups excluding carboxylic acids is 1. The zero-order chi connectivity index (χ0) is 10.6. The lowest BCUT2D eigenvalue weighted by atomic mass is 10.2. The molecule has 1 rings (SSSR count). The van der Waals surface area contributed by atoms with Crippen LogP contribution in [0.3, 0.4) is 0 Å². The van der Waals surface area contributed by atoms with E-state index in [-0.39, 0.29) is 5.97 Å². The van der Waals surface area contributed by atoms with Crippen molar-refractivity contribution >= 4 is 21.9 Å². The third-order valence-electron chi connectivity index (χ3n) is 1.78. The molecule has 4 heteroatoms. The molecule has 0 radical (unpaired) electrons. The van der Waals surface area contributed by atoms with Gasteiger partial charge in [-0.2, -0.15) is 0 Å². The molecule has 0 aliphatic heterocycles. The minimum absolute atomic E-state index is 0.297. The van der Waals surface area contributed by atoms with Gasteiger partial charge in [0.2, 0.25) is 0 Å². The number of pyridine rings is 1. The molecule has 1 aromatic rings. The Kier molecular flexibility index (Phi) is 4.07. The zero-order valence-electron chi connectivity index (χ0n) is 8.16. The summed E-state index contributed by atoms with van der Waals surface area (Å²) in [5.41, 5.74) is 1.69. The van der Waals surface area contributed by atoms with Gasteiger partial charge in [0.05, 0.1) is 12.3 Å². The number of esters is 1. The summed E-state index contributed by atoms with van der Waals surface area (Å²) >= 11 is 3.27. The highest BCUT2D eigenvalue weighted by molar-refractivity contribution is 9.09. The quantitative estimate of drug-likeness (QED) is 0.617. The van der Waals surface area contributed by atoms with Crippen molar-refractivity contribution in [2.75, 3.05) is 6.61 Å². The molecule has 14 heavy (non-hydrogen) atoms. The Bertz CT molecular complexity index is 328. The first-order valence-corrected chi connectivity index (χ1v) is 5.30. The summed E-state index contributed by atoms with van der Waals surface area (Å²) in [4.78, 5) is 15.1. The van der Waals surface area contributed by atoms with Crippen LogP contribution in [-0.2, 0) is 9.53 Å². The maximum atomic E-state index is 11.4. The zero-order valence-corrected chi connectivity index (χ0v) is 9.74. The predicted octanol–water partition coefficient (Wildman–Crippen LogP) is 2.39. The van der Waals surface area contributed by atoms with Crippen LogP contribution in [0, 0.1) is 6.92 Å². The van der Waals surface area contributed by atoms with E-state index in [4.69, 9.17) is 4.74 Å². The van der Waals surface area contributed by atoms with Gasteiger partial charge in [0.25, 0.3) is 0 Å². The highest BCUT2D eigenvalue weighted by Gasteiger charge is 2.20. The molecular formula is C10H12BrNO2. The van der Waals surface area contributed by atoms with Gasteiger partial charge in [-0.25, -0.2) is 0 Å². The Morgan fingerprint density at radius 3 is 3.00 bits per heavy atom. The molecule has 0 N–H and O–H groups in total. The molecule has 0 amide bonds. The minimum atomic E-state index is -0.469. The van der Waals surface area contributed by atoms with Crippen LogP contribution in [0.25, 0.3) is 0 Å². The van der Waals surface area contributed by atoms with Crippen molar-refractivity contribution < 1.29 is 9.53 Å². The summed E-state index contributed by atoms with van der Waals surface area (Å²) in [6, 6.07) is 3.75. The monoisotopic (exact) mass is 257 g/mol. The lowest BCUT2D eigenvalue weighted by molar-refractivity contribution is -0.142. The van der Waals surface area contributed by atoms with E-state index >= 15 is 0 Å². The van der Waals surface area contributed by atoms with Crippen molar-refractivity contribution in [2.24, 2.45) is 0 Å². The van der Waals surface area contributed by atoms with Gasteiger partial charge >= 0.3 is 5.97 Å². The third-order valence-corrected chi connectivity index (χ3v) is 2.59. The maximum Gasteiger partial charge on any atom is 0.325 e. The van der Waals surface area contributed by atoms with Crippen molar-refractivity contribution in [3.63, 3.8) is 0 Å². The van der Waals surface area contributed by atoms with Gasteiger partial charge in [-0.15, -0.1) is 0 Å². The second kappa shape index (κ2) is 5.10. The van der Waals surface area contributed by atoms with Gasteiger partial charge in [-0.05, 0) is 25.5 Å². The fourth-order valence-electron chi connectivity index (χ4n) is 1.09. The van der Waals surface area contributed by atoms with Gasteiger partial charge < -0.3 is 4.74 Å². The van der Waals surface area contributed by atoms with Crippen molar-refractivity contribution in [1.29, 1.82) is 0 Å². The summed E-state index contributed by atoms with van der Waals surface area (Å²) in [5, 5.41) is 0. The van der Waals surface area contributed by atoms with E-state index in [1.165, 1.54) is 0 Å². The van der Waals surface area contributed by atoms with Crippen LogP contribution < -0.4 is 0 Å². The molecule has 0 aliphatic carbocycles. The first kappa shape index (κ1) is 11.2. The molecule has 1 aromatic heterocycles. The predicted molar refractivity (Wildman–Crippen MR) is 57.3 cm³/mol. The Labute approximate surface area is 91.6 Å². The smallest absolute Gasteiger partial charge is 0.325 e. The Hall–Kier alpha value is -0.900. The first-order chi connectivity index (χ1) is 6.66. The number of aromatic nitrogens is 1. The molecule has 0 fully saturated rings. The molecule has 0 aliphatic rings. The van der Waals surface area contributed by atoms with E-state index in [9.17, 15) is 4.79 Å². The minimum Gasteiger partial charge on any atom is -0.465 e. The van der Waals surface area contributed by atoms with Crippen LogP contribution in [0.2, 0.25) is 0 Å². The van der Waals surface area contributed by atoms with E-state index in [2.05, 4.69) is 20.9 Å². The molecule has 1 atom stereocenters. The van der Waals surface area contributed by atoms with Crippen LogP contribution >= 0.6 is 15.9 Å². The number of aryl methyl sites for hydroxylation is 1. The van der Waals surface area contributed by atoms with Crippen LogP contribution in [0.4, 0.5) is 0 Å². The maximum absolute atomic E-state index is 11.4. The normalized spacial score (nSPS) is 12.2. The number of rotatable bonds is 3. The summed E-state index contributed by atoms with van der Waals surface area (Å²) in [7, 11) is 0. The summed E-state index contributed by atoms with van der Waals surface area (Å²) in [6.45, 7) is 4.07. The molecule has 0 saturated heterocycles. The van der Waals surface area contributed by atoms with Gasteiger partial charge in [-0.3, -0.25) is 9.78 Å². The number of hydrogen-bond acceptors (Lipinski definition) is 3. The molecule has 0 aromatic carbocycles. The summed E-state index contributed by atoms with van der Waals surface area (Å²) < 4.78 is 4.89. The fourth-order valence-corrected chi connectivity index (χ4v) is 1.70. The van der Waals surface area contributed by atoms with Crippen molar-refractivity contribution in [2.45, 2.75) is 18.7 Å². The van der Waals surface area contributed by atoms with Crippen molar-refractivity contribution in [3.05, 3.63) is 29.6 Å². The van der Waals surface area contributed by atoms with Gasteiger partial charge in [0, 0.05) is 6.20 Å². The highest BCUT2D eigenvalue weighted by Crippen LogP contribution is 2.24. The fraction of sp³-hybridized carbons (Fsp3) is 0.400. The highest BCUT2D eigenvalue weighted by atomic mass is 79.9. The lowest BCUT2D eigenvalue weighted by Crippen LogP contribution is -2.12. The average molecular weight is 258 g/mol. The molecule has 76 valence electrons. The van der Waals surface area contributed by atoms with E-state index < -0.39 is 4.83 Å². The van der Waals surface area contributed by atoms with Crippen molar-refractivity contribution in [1.82, 2.24) is 4.98 Å². The molecule has 1 heterocycles. The largest absolute Gasteiger partial charge is 0.465 e. The van der Waals surface area contributed by atoms with Crippen LogP contribution in [0.15, 0.2) is 18.3 Å². The van der Waals surface area contributed by atoms with E-state index in [1.54, 1.807) is 13.1 Å². The van der Waals surface area contributed by atoms with E-state index in [1.807, 2.05) is 19.1 Å². The molecule has 0 spiro atoms.